The van der Waals surface area contributed by atoms with Gasteiger partial charge in [-0.25, -0.2) is 0 Å². The molecule has 1 saturated carbocycles. The fourth-order valence-electron chi connectivity index (χ4n) is 6.53. The number of fused-ring (bicyclic) bond motifs is 4. The van der Waals surface area contributed by atoms with E-state index >= 15 is 0 Å². The minimum absolute atomic E-state index is 0.00900. The minimum atomic E-state index is 0.00900. The third kappa shape index (κ3) is 2.96. The van der Waals surface area contributed by atoms with E-state index in [4.69, 9.17) is 0 Å². The summed E-state index contributed by atoms with van der Waals surface area (Å²) in [6.45, 7) is 7.21. The van der Waals surface area contributed by atoms with Crippen LogP contribution in [0.5, 0.6) is 5.75 Å². The van der Waals surface area contributed by atoms with Crippen molar-refractivity contribution in [1.29, 1.82) is 0 Å². The van der Waals surface area contributed by atoms with E-state index in [-0.39, 0.29) is 29.2 Å². The number of hydrogen-bond donors (Lipinski definition) is 1. The molecule has 162 valence electrons. The first-order valence-corrected chi connectivity index (χ1v) is 11.8. The van der Waals surface area contributed by atoms with Crippen molar-refractivity contribution in [2.75, 3.05) is 19.6 Å². The lowest BCUT2D eigenvalue weighted by Crippen LogP contribution is -2.60. The van der Waals surface area contributed by atoms with Crippen LogP contribution in [0.15, 0.2) is 18.2 Å². The van der Waals surface area contributed by atoms with Crippen LogP contribution in [0.1, 0.15) is 63.5 Å². The molecule has 1 aromatic carbocycles. The first kappa shape index (κ1) is 19.9. The third-order valence-corrected chi connectivity index (χ3v) is 8.91. The number of hydrogen-bond acceptors (Lipinski definition) is 3. The number of rotatable bonds is 2. The van der Waals surface area contributed by atoms with Gasteiger partial charge in [-0.2, -0.15) is 0 Å². The van der Waals surface area contributed by atoms with Crippen molar-refractivity contribution in [3.8, 4) is 5.75 Å². The van der Waals surface area contributed by atoms with Crippen molar-refractivity contribution in [2.24, 2.45) is 17.8 Å². The smallest absolute Gasteiger partial charge is 0.225 e. The van der Waals surface area contributed by atoms with Crippen LogP contribution in [0, 0.1) is 17.8 Å². The zero-order chi connectivity index (χ0) is 21.0. The van der Waals surface area contributed by atoms with Crippen LogP contribution >= 0.6 is 0 Å². The average Bonchev–Trinajstić information content (AvgIpc) is 2.70. The molecule has 2 aliphatic carbocycles. The number of piperidine rings is 1. The van der Waals surface area contributed by atoms with Gasteiger partial charge in [-0.05, 0) is 73.5 Å². The first-order valence-electron chi connectivity index (χ1n) is 11.8. The molecule has 2 amide bonds. The second-order valence-electron chi connectivity index (χ2n) is 10.3. The van der Waals surface area contributed by atoms with Gasteiger partial charge >= 0.3 is 0 Å². The van der Waals surface area contributed by atoms with Gasteiger partial charge in [0.1, 0.15) is 5.75 Å². The normalized spacial score (nSPS) is 35.4. The number of benzene rings is 1. The summed E-state index contributed by atoms with van der Waals surface area (Å²) in [5, 5.41) is 10.5. The molecule has 5 rings (SSSR count). The molecule has 5 heteroatoms. The zero-order valence-electron chi connectivity index (χ0n) is 18.3. The number of phenolic OH excluding ortho intramolecular Hbond substituents is 1. The van der Waals surface area contributed by atoms with Crippen LogP contribution in [-0.2, 0) is 21.4 Å². The molecule has 30 heavy (non-hydrogen) atoms. The summed E-state index contributed by atoms with van der Waals surface area (Å²) in [4.78, 5) is 30.2. The number of phenols is 1. The van der Waals surface area contributed by atoms with E-state index in [0.29, 0.717) is 17.6 Å². The van der Waals surface area contributed by atoms with Gasteiger partial charge in [0.05, 0.1) is 0 Å². The number of likely N-dealkylation sites (tertiary alicyclic amines) is 2. The SMILES string of the molecule is C[C@H]1[C@H]2Cc3c(O)cccc3[C@]1(C)CCN2C(=O)C1CCC(C(=O)N2CCC2)CC1. The predicted octanol–water partition coefficient (Wildman–Crippen LogP) is 3.48. The summed E-state index contributed by atoms with van der Waals surface area (Å²) in [5.74, 6) is 1.50. The Morgan fingerprint density at radius 2 is 1.70 bits per heavy atom. The van der Waals surface area contributed by atoms with Crippen LogP contribution in [0.2, 0.25) is 0 Å². The van der Waals surface area contributed by atoms with Crippen LogP contribution < -0.4 is 0 Å². The molecule has 4 aliphatic rings. The molecule has 0 unspecified atom stereocenters. The van der Waals surface area contributed by atoms with Gasteiger partial charge < -0.3 is 14.9 Å². The monoisotopic (exact) mass is 410 g/mol. The van der Waals surface area contributed by atoms with Crippen LogP contribution in [0.4, 0.5) is 0 Å². The van der Waals surface area contributed by atoms with E-state index < -0.39 is 0 Å². The largest absolute Gasteiger partial charge is 0.508 e. The van der Waals surface area contributed by atoms with E-state index in [1.54, 1.807) is 6.07 Å². The van der Waals surface area contributed by atoms with E-state index in [0.717, 1.165) is 70.1 Å². The highest BCUT2D eigenvalue weighted by Gasteiger charge is 2.51. The number of nitrogens with zero attached hydrogens (tertiary/aromatic N) is 2. The Hall–Kier alpha value is -2.04. The Kier molecular flexibility index (Phi) is 4.83. The van der Waals surface area contributed by atoms with Gasteiger partial charge in [0, 0.05) is 37.5 Å². The summed E-state index contributed by atoms with van der Waals surface area (Å²) in [7, 11) is 0. The Balaban J connectivity index is 1.30. The molecule has 2 bridgehead atoms. The molecule has 3 atom stereocenters. The number of carbonyl (C=O) groups is 2. The quantitative estimate of drug-likeness (QED) is 0.812. The highest BCUT2D eigenvalue weighted by Crippen LogP contribution is 2.50. The molecule has 2 saturated heterocycles. The van der Waals surface area contributed by atoms with Gasteiger partial charge in [-0.3, -0.25) is 9.59 Å². The lowest BCUT2D eigenvalue weighted by molar-refractivity contribution is -0.147. The maximum Gasteiger partial charge on any atom is 0.225 e. The molecule has 2 heterocycles. The lowest BCUT2D eigenvalue weighted by Gasteiger charge is -2.55. The van der Waals surface area contributed by atoms with E-state index in [1.165, 1.54) is 5.56 Å². The number of aromatic hydroxyl groups is 1. The summed E-state index contributed by atoms with van der Waals surface area (Å²) in [5.41, 5.74) is 2.31. The highest BCUT2D eigenvalue weighted by atomic mass is 16.3. The van der Waals surface area contributed by atoms with Gasteiger partial charge in [0.25, 0.3) is 0 Å². The summed E-state index contributed by atoms with van der Waals surface area (Å²) in [6.07, 6.45) is 6.18. The average molecular weight is 411 g/mol. The third-order valence-electron chi connectivity index (χ3n) is 8.91. The fourth-order valence-corrected chi connectivity index (χ4v) is 6.53. The van der Waals surface area contributed by atoms with Gasteiger partial charge in [0.15, 0.2) is 0 Å². The molecule has 1 aromatic rings. The van der Waals surface area contributed by atoms with Crippen molar-refractivity contribution in [3.63, 3.8) is 0 Å². The predicted molar refractivity (Wildman–Crippen MR) is 115 cm³/mol. The van der Waals surface area contributed by atoms with Gasteiger partial charge in [0.2, 0.25) is 11.8 Å². The Morgan fingerprint density at radius 1 is 1.03 bits per heavy atom. The molecule has 2 aliphatic heterocycles. The molecule has 0 radical (unpaired) electrons. The van der Waals surface area contributed by atoms with Crippen molar-refractivity contribution in [3.05, 3.63) is 29.3 Å². The molecule has 0 spiro atoms. The fraction of sp³-hybridized carbons (Fsp3) is 0.680. The molecule has 5 nitrogen and oxygen atoms in total. The second-order valence-corrected chi connectivity index (χ2v) is 10.3. The van der Waals surface area contributed by atoms with Crippen LogP contribution in [0.3, 0.4) is 0 Å². The van der Waals surface area contributed by atoms with Gasteiger partial charge in [-0.15, -0.1) is 0 Å². The van der Waals surface area contributed by atoms with E-state index in [9.17, 15) is 14.7 Å². The lowest BCUT2D eigenvalue weighted by atomic mass is 9.58. The van der Waals surface area contributed by atoms with Crippen molar-refractivity contribution in [1.82, 2.24) is 9.80 Å². The molecule has 1 N–H and O–H groups in total. The van der Waals surface area contributed by atoms with Crippen molar-refractivity contribution in [2.45, 2.75) is 70.3 Å². The van der Waals surface area contributed by atoms with E-state index in [1.807, 2.05) is 11.0 Å². The molecule has 3 fully saturated rings. The van der Waals surface area contributed by atoms with Crippen molar-refractivity contribution < 1.29 is 14.7 Å². The zero-order valence-corrected chi connectivity index (χ0v) is 18.3. The summed E-state index contributed by atoms with van der Waals surface area (Å²) >= 11 is 0. The maximum absolute atomic E-state index is 13.5. The standard InChI is InChI=1S/C25H34N2O3/c1-16-21-15-19-20(5-3-6-22(19)28)25(16,2)11-14-27(21)24(30)18-9-7-17(8-10-18)23(29)26-12-4-13-26/h3,5-6,16-18,21,28H,4,7-15H2,1-2H3/t16-,17?,18?,21+,25+/m0/s1. The maximum atomic E-state index is 13.5. The number of amides is 2. The van der Waals surface area contributed by atoms with Gasteiger partial charge in [-0.1, -0.05) is 26.0 Å². The summed E-state index contributed by atoms with van der Waals surface area (Å²) < 4.78 is 0. The van der Waals surface area contributed by atoms with Crippen LogP contribution in [0.25, 0.3) is 0 Å². The Bertz CT molecular complexity index is 856. The molecular formula is C25H34N2O3. The Morgan fingerprint density at radius 3 is 2.33 bits per heavy atom. The topological polar surface area (TPSA) is 60.9 Å². The Labute approximate surface area is 179 Å². The summed E-state index contributed by atoms with van der Waals surface area (Å²) in [6, 6.07) is 6.04. The van der Waals surface area contributed by atoms with Crippen LogP contribution in [-0.4, -0.2) is 52.4 Å². The highest BCUT2D eigenvalue weighted by molar-refractivity contribution is 5.82. The molecule has 0 aromatic heterocycles. The minimum Gasteiger partial charge on any atom is -0.508 e. The molecular weight excluding hydrogens is 376 g/mol. The second kappa shape index (κ2) is 7.28. The first-order chi connectivity index (χ1) is 14.4. The van der Waals surface area contributed by atoms with Crippen molar-refractivity contribution >= 4 is 11.8 Å². The number of carbonyl (C=O) groups excluding carboxylic acids is 2. The van der Waals surface area contributed by atoms with E-state index in [2.05, 4.69) is 24.8 Å².